The number of amides is 1. The van der Waals surface area contributed by atoms with Crippen LogP contribution in [0.2, 0.25) is 0 Å². The standard InChI is InChI=1S/C12H14N4OS2/c1-15-12(13-8-14-15)19-7-11(17)16-4-2-10-9(6-16)3-5-18-10/h3,5,8H,2,4,6-7H2,1H3. The quantitative estimate of drug-likeness (QED) is 0.806. The van der Waals surface area contributed by atoms with Crippen LogP contribution in [0.3, 0.4) is 0 Å². The van der Waals surface area contributed by atoms with Gasteiger partial charge >= 0.3 is 0 Å². The number of aryl methyl sites for hydroxylation is 1. The molecule has 3 rings (SSSR count). The van der Waals surface area contributed by atoms with E-state index in [4.69, 9.17) is 0 Å². The molecule has 0 bridgehead atoms. The fourth-order valence-corrected chi connectivity index (χ4v) is 3.78. The molecule has 1 aliphatic rings. The fraction of sp³-hybridized carbons (Fsp3) is 0.417. The smallest absolute Gasteiger partial charge is 0.233 e. The highest BCUT2D eigenvalue weighted by Gasteiger charge is 2.21. The molecule has 0 aliphatic carbocycles. The number of hydrogen-bond acceptors (Lipinski definition) is 5. The van der Waals surface area contributed by atoms with E-state index in [1.54, 1.807) is 16.0 Å². The first-order valence-corrected chi connectivity index (χ1v) is 7.90. The van der Waals surface area contributed by atoms with Gasteiger partial charge in [0.1, 0.15) is 6.33 Å². The van der Waals surface area contributed by atoms with Gasteiger partial charge in [-0.1, -0.05) is 11.8 Å². The van der Waals surface area contributed by atoms with E-state index in [0.717, 1.165) is 24.7 Å². The highest BCUT2D eigenvalue weighted by atomic mass is 32.2. The third kappa shape index (κ3) is 2.66. The van der Waals surface area contributed by atoms with Crippen LogP contribution < -0.4 is 0 Å². The predicted molar refractivity (Wildman–Crippen MR) is 75.2 cm³/mol. The molecule has 7 heteroatoms. The van der Waals surface area contributed by atoms with Crippen molar-refractivity contribution in [3.05, 3.63) is 28.2 Å². The normalized spacial score (nSPS) is 14.5. The number of carbonyl (C=O) groups excluding carboxylic acids is 1. The Bertz CT molecular complexity index is 592. The molecular formula is C12H14N4OS2. The van der Waals surface area contributed by atoms with E-state index in [2.05, 4.69) is 21.5 Å². The Morgan fingerprint density at radius 1 is 1.58 bits per heavy atom. The molecule has 100 valence electrons. The SMILES string of the molecule is Cn1ncnc1SCC(=O)N1CCc2sccc2C1. The van der Waals surface area contributed by atoms with Gasteiger partial charge in [0.25, 0.3) is 0 Å². The Hall–Kier alpha value is -1.34. The minimum Gasteiger partial charge on any atom is -0.337 e. The van der Waals surface area contributed by atoms with Crippen LogP contribution in [0.1, 0.15) is 10.4 Å². The van der Waals surface area contributed by atoms with E-state index in [1.165, 1.54) is 28.5 Å². The molecule has 5 nitrogen and oxygen atoms in total. The predicted octanol–water partition coefficient (Wildman–Crippen LogP) is 1.55. The Morgan fingerprint density at radius 2 is 2.47 bits per heavy atom. The second-order valence-corrected chi connectivity index (χ2v) is 6.33. The first-order valence-electron chi connectivity index (χ1n) is 6.04. The van der Waals surface area contributed by atoms with E-state index in [9.17, 15) is 4.79 Å². The molecule has 19 heavy (non-hydrogen) atoms. The van der Waals surface area contributed by atoms with Crippen molar-refractivity contribution in [1.29, 1.82) is 0 Å². The molecule has 2 aromatic heterocycles. The summed E-state index contributed by atoms with van der Waals surface area (Å²) < 4.78 is 1.69. The van der Waals surface area contributed by atoms with E-state index in [0.29, 0.717) is 5.75 Å². The molecule has 0 unspecified atom stereocenters. The third-order valence-electron chi connectivity index (χ3n) is 3.15. The van der Waals surface area contributed by atoms with Gasteiger partial charge in [0.15, 0.2) is 5.16 Å². The van der Waals surface area contributed by atoms with Gasteiger partial charge < -0.3 is 4.90 Å². The van der Waals surface area contributed by atoms with Crippen molar-refractivity contribution in [3.8, 4) is 0 Å². The van der Waals surface area contributed by atoms with Crippen molar-refractivity contribution in [2.45, 2.75) is 18.1 Å². The summed E-state index contributed by atoms with van der Waals surface area (Å²) in [6, 6.07) is 2.12. The zero-order chi connectivity index (χ0) is 13.2. The number of hydrogen-bond donors (Lipinski definition) is 0. The number of aromatic nitrogens is 3. The summed E-state index contributed by atoms with van der Waals surface area (Å²) >= 11 is 3.23. The average molecular weight is 294 g/mol. The maximum Gasteiger partial charge on any atom is 0.233 e. The molecule has 0 radical (unpaired) electrons. The van der Waals surface area contributed by atoms with Gasteiger partial charge in [-0.25, -0.2) is 9.67 Å². The lowest BCUT2D eigenvalue weighted by atomic mass is 10.1. The molecule has 1 amide bonds. The van der Waals surface area contributed by atoms with Crippen LogP contribution in [0.5, 0.6) is 0 Å². The second-order valence-electron chi connectivity index (χ2n) is 4.39. The second kappa shape index (κ2) is 5.34. The summed E-state index contributed by atoms with van der Waals surface area (Å²) in [4.78, 5) is 19.6. The maximum atomic E-state index is 12.2. The zero-order valence-electron chi connectivity index (χ0n) is 10.6. The van der Waals surface area contributed by atoms with Gasteiger partial charge in [-0.2, -0.15) is 5.10 Å². The summed E-state index contributed by atoms with van der Waals surface area (Å²) in [5, 5.41) is 6.87. The molecule has 0 N–H and O–H groups in total. The lowest BCUT2D eigenvalue weighted by Crippen LogP contribution is -2.36. The fourth-order valence-electron chi connectivity index (χ4n) is 2.10. The number of thioether (sulfide) groups is 1. The van der Waals surface area contributed by atoms with Gasteiger partial charge in [0.2, 0.25) is 5.91 Å². The highest BCUT2D eigenvalue weighted by molar-refractivity contribution is 7.99. The van der Waals surface area contributed by atoms with Gasteiger partial charge in [-0.05, 0) is 23.4 Å². The Balaban J connectivity index is 1.58. The molecule has 0 saturated heterocycles. The van der Waals surface area contributed by atoms with Crippen LogP contribution in [0.15, 0.2) is 22.9 Å². The number of fused-ring (bicyclic) bond motifs is 1. The van der Waals surface area contributed by atoms with Crippen LogP contribution in [-0.4, -0.2) is 37.9 Å². The maximum absolute atomic E-state index is 12.2. The lowest BCUT2D eigenvalue weighted by Gasteiger charge is -2.26. The summed E-state index contributed by atoms with van der Waals surface area (Å²) in [5.41, 5.74) is 1.30. The van der Waals surface area contributed by atoms with Gasteiger partial charge in [-0.3, -0.25) is 4.79 Å². The molecular weight excluding hydrogens is 280 g/mol. The Labute approximate surface area is 119 Å². The molecule has 0 aromatic carbocycles. The van der Waals surface area contributed by atoms with E-state index in [1.807, 2.05) is 11.9 Å². The van der Waals surface area contributed by atoms with Crippen LogP contribution in [0, 0.1) is 0 Å². The molecule has 0 atom stereocenters. The van der Waals surface area contributed by atoms with Crippen LogP contribution in [0.4, 0.5) is 0 Å². The first kappa shape index (κ1) is 12.7. The van der Waals surface area contributed by atoms with Crippen molar-refractivity contribution in [2.75, 3.05) is 12.3 Å². The molecule has 0 spiro atoms. The Kier molecular flexibility index (Phi) is 3.56. The summed E-state index contributed by atoms with van der Waals surface area (Å²) in [5.74, 6) is 0.594. The van der Waals surface area contributed by atoms with Gasteiger partial charge in [0.05, 0.1) is 5.75 Å². The van der Waals surface area contributed by atoms with Crippen LogP contribution >= 0.6 is 23.1 Å². The van der Waals surface area contributed by atoms with Crippen molar-refractivity contribution in [1.82, 2.24) is 19.7 Å². The molecule has 0 saturated carbocycles. The minimum absolute atomic E-state index is 0.171. The van der Waals surface area contributed by atoms with Crippen molar-refractivity contribution in [2.24, 2.45) is 7.05 Å². The average Bonchev–Trinajstić information content (AvgIpc) is 3.03. The monoisotopic (exact) mass is 294 g/mol. The number of nitrogens with zero attached hydrogens (tertiary/aromatic N) is 4. The van der Waals surface area contributed by atoms with E-state index >= 15 is 0 Å². The summed E-state index contributed by atoms with van der Waals surface area (Å²) in [6.45, 7) is 1.57. The van der Waals surface area contributed by atoms with E-state index in [-0.39, 0.29) is 5.91 Å². The zero-order valence-corrected chi connectivity index (χ0v) is 12.2. The van der Waals surface area contributed by atoms with Gasteiger partial charge in [0, 0.05) is 25.0 Å². The van der Waals surface area contributed by atoms with Crippen LogP contribution in [0.25, 0.3) is 0 Å². The van der Waals surface area contributed by atoms with Crippen molar-refractivity contribution in [3.63, 3.8) is 0 Å². The number of carbonyl (C=O) groups is 1. The molecule has 3 heterocycles. The largest absolute Gasteiger partial charge is 0.337 e. The highest BCUT2D eigenvalue weighted by Crippen LogP contribution is 2.24. The summed E-state index contributed by atoms with van der Waals surface area (Å²) in [6.07, 6.45) is 2.48. The molecule has 2 aromatic rings. The number of thiophene rings is 1. The Morgan fingerprint density at radius 3 is 3.26 bits per heavy atom. The van der Waals surface area contributed by atoms with Crippen molar-refractivity contribution >= 4 is 29.0 Å². The molecule has 0 fully saturated rings. The molecule has 1 aliphatic heterocycles. The number of rotatable bonds is 3. The lowest BCUT2D eigenvalue weighted by molar-refractivity contribution is -0.129. The topological polar surface area (TPSA) is 51.0 Å². The van der Waals surface area contributed by atoms with Gasteiger partial charge in [-0.15, -0.1) is 11.3 Å². The first-order chi connectivity index (χ1) is 9.24. The van der Waals surface area contributed by atoms with Crippen LogP contribution in [-0.2, 0) is 24.8 Å². The summed E-state index contributed by atoms with van der Waals surface area (Å²) in [7, 11) is 1.83. The van der Waals surface area contributed by atoms with Crippen molar-refractivity contribution < 1.29 is 4.79 Å². The minimum atomic E-state index is 0.171. The van der Waals surface area contributed by atoms with E-state index < -0.39 is 0 Å². The third-order valence-corrected chi connectivity index (χ3v) is 5.20.